The molecule has 0 aromatic heterocycles. The van der Waals surface area contributed by atoms with Gasteiger partial charge in [-0.2, -0.15) is 0 Å². The molecule has 2 bridgehead atoms. The van der Waals surface area contributed by atoms with Crippen LogP contribution >= 0.6 is 0 Å². The van der Waals surface area contributed by atoms with Crippen molar-refractivity contribution in [1.82, 2.24) is 0 Å². The van der Waals surface area contributed by atoms with Crippen LogP contribution in [0.1, 0.15) is 0 Å². The van der Waals surface area contributed by atoms with E-state index in [2.05, 4.69) is 30.4 Å². The Kier molecular flexibility index (Phi) is 1.17. The van der Waals surface area contributed by atoms with Crippen molar-refractivity contribution in [2.75, 3.05) is 6.61 Å². The Labute approximate surface area is 72.1 Å². The van der Waals surface area contributed by atoms with E-state index in [1.807, 2.05) is 0 Å². The second-order valence-corrected chi connectivity index (χ2v) is 3.93. The van der Waals surface area contributed by atoms with Gasteiger partial charge in [0.05, 0.1) is 6.61 Å². The van der Waals surface area contributed by atoms with Crippen LogP contribution in [0.15, 0.2) is 36.0 Å². The predicted octanol–water partition coefficient (Wildman–Crippen LogP) is 1.52. The largest absolute Gasteiger partial charge is 0.392 e. The van der Waals surface area contributed by atoms with Crippen LogP contribution in [-0.2, 0) is 0 Å². The molecule has 0 radical (unpaired) electrons. The summed E-state index contributed by atoms with van der Waals surface area (Å²) in [5.74, 6) is 2.53. The van der Waals surface area contributed by atoms with Crippen LogP contribution < -0.4 is 0 Å². The average molecular weight is 160 g/mol. The second-order valence-electron chi connectivity index (χ2n) is 3.93. The molecule has 0 aromatic carbocycles. The van der Waals surface area contributed by atoms with Crippen LogP contribution in [-0.4, -0.2) is 11.7 Å². The maximum Gasteiger partial charge on any atom is 0.0647 e. The number of aliphatic hydroxyl groups excluding tert-OH is 1. The van der Waals surface area contributed by atoms with Crippen LogP contribution in [0.2, 0.25) is 0 Å². The van der Waals surface area contributed by atoms with Gasteiger partial charge in [0.25, 0.3) is 0 Å². The maximum atomic E-state index is 9.11. The number of allylic oxidation sites excluding steroid dienone is 5. The van der Waals surface area contributed by atoms with Crippen LogP contribution in [0.25, 0.3) is 0 Å². The van der Waals surface area contributed by atoms with Gasteiger partial charge in [0, 0.05) is 11.8 Å². The van der Waals surface area contributed by atoms with Crippen molar-refractivity contribution in [3.8, 4) is 0 Å². The van der Waals surface area contributed by atoms with Crippen LogP contribution in [0.3, 0.4) is 0 Å². The van der Waals surface area contributed by atoms with Gasteiger partial charge in [-0.1, -0.05) is 30.4 Å². The Morgan fingerprint density at radius 2 is 1.92 bits per heavy atom. The summed E-state index contributed by atoms with van der Waals surface area (Å²) in [4.78, 5) is 0. The summed E-state index contributed by atoms with van der Waals surface area (Å²) < 4.78 is 0. The van der Waals surface area contributed by atoms with Crippen LogP contribution in [0.5, 0.6) is 0 Å². The highest BCUT2D eigenvalue weighted by atomic mass is 16.3. The normalized spacial score (nSPS) is 46.9. The summed E-state index contributed by atoms with van der Waals surface area (Å²) in [5.41, 5.74) is 1.23. The van der Waals surface area contributed by atoms with E-state index >= 15 is 0 Å². The van der Waals surface area contributed by atoms with Gasteiger partial charge in [-0.15, -0.1) is 0 Å². The van der Waals surface area contributed by atoms with Crippen molar-refractivity contribution in [3.05, 3.63) is 36.0 Å². The molecule has 0 unspecified atom stereocenters. The van der Waals surface area contributed by atoms with Crippen molar-refractivity contribution in [2.45, 2.75) is 0 Å². The molecule has 0 spiro atoms. The zero-order valence-corrected chi connectivity index (χ0v) is 6.85. The second kappa shape index (κ2) is 2.11. The summed E-state index contributed by atoms with van der Waals surface area (Å²) in [5, 5.41) is 9.11. The van der Waals surface area contributed by atoms with Gasteiger partial charge in [-0.25, -0.2) is 0 Å². The molecule has 0 aliphatic heterocycles. The maximum absolute atomic E-state index is 9.11. The third-order valence-electron chi connectivity index (χ3n) is 3.42. The molecule has 4 atom stereocenters. The molecule has 4 rings (SSSR count). The van der Waals surface area contributed by atoms with E-state index < -0.39 is 0 Å². The lowest BCUT2D eigenvalue weighted by Crippen LogP contribution is -2.39. The molecule has 0 aromatic rings. The first-order chi connectivity index (χ1) is 5.90. The van der Waals surface area contributed by atoms with Gasteiger partial charge >= 0.3 is 0 Å². The summed E-state index contributed by atoms with van der Waals surface area (Å²) in [6, 6.07) is 0. The molecule has 0 heterocycles. The molecule has 1 nitrogen and oxygen atoms in total. The van der Waals surface area contributed by atoms with E-state index in [4.69, 9.17) is 5.11 Å². The number of rotatable bonds is 1. The third-order valence-corrected chi connectivity index (χ3v) is 3.42. The molecular formula is C11H12O. The van der Waals surface area contributed by atoms with E-state index in [1.54, 1.807) is 0 Å². The molecule has 1 heteroatoms. The van der Waals surface area contributed by atoms with Crippen molar-refractivity contribution in [2.24, 2.45) is 23.7 Å². The van der Waals surface area contributed by atoms with Crippen LogP contribution in [0.4, 0.5) is 0 Å². The van der Waals surface area contributed by atoms with Crippen molar-refractivity contribution in [1.29, 1.82) is 0 Å². The lowest BCUT2D eigenvalue weighted by molar-refractivity contribution is 0.242. The fourth-order valence-electron chi connectivity index (χ4n) is 2.67. The summed E-state index contributed by atoms with van der Waals surface area (Å²) >= 11 is 0. The van der Waals surface area contributed by atoms with E-state index in [9.17, 15) is 0 Å². The lowest BCUT2D eigenvalue weighted by atomic mass is 9.58. The molecule has 0 amide bonds. The van der Waals surface area contributed by atoms with Gasteiger partial charge in [0.2, 0.25) is 0 Å². The lowest BCUT2D eigenvalue weighted by Gasteiger charge is -2.46. The average Bonchev–Trinajstić information content (AvgIpc) is 2.04. The Morgan fingerprint density at radius 3 is 2.50 bits per heavy atom. The number of hydrogen-bond acceptors (Lipinski definition) is 1. The number of aliphatic hydroxyl groups is 1. The molecule has 0 saturated heterocycles. The molecule has 12 heavy (non-hydrogen) atoms. The minimum absolute atomic E-state index is 0.239. The Hall–Kier alpha value is -0.820. The molecule has 0 fully saturated rings. The van der Waals surface area contributed by atoms with Gasteiger partial charge in [-0.05, 0) is 17.4 Å². The Bertz CT molecular complexity index is 298. The minimum Gasteiger partial charge on any atom is -0.392 e. The topological polar surface area (TPSA) is 20.2 Å². The highest BCUT2D eigenvalue weighted by Gasteiger charge is 2.42. The minimum atomic E-state index is 0.239. The van der Waals surface area contributed by atoms with E-state index in [0.717, 1.165) is 5.92 Å². The van der Waals surface area contributed by atoms with Gasteiger partial charge < -0.3 is 5.11 Å². The zero-order valence-electron chi connectivity index (χ0n) is 6.85. The summed E-state index contributed by atoms with van der Waals surface area (Å²) in [7, 11) is 0. The Balaban J connectivity index is 2.03. The van der Waals surface area contributed by atoms with Gasteiger partial charge in [-0.3, -0.25) is 0 Å². The molecular weight excluding hydrogens is 148 g/mol. The number of hydrogen-bond donors (Lipinski definition) is 1. The third kappa shape index (κ3) is 0.632. The van der Waals surface area contributed by atoms with Gasteiger partial charge in [0.15, 0.2) is 0 Å². The van der Waals surface area contributed by atoms with Crippen molar-refractivity contribution < 1.29 is 5.11 Å². The SMILES string of the molecule is OCC1=C[C@H]2C=C[C@H]1[C@@H]1C=C[C@@H]21. The predicted molar refractivity (Wildman–Crippen MR) is 47.4 cm³/mol. The monoisotopic (exact) mass is 160 g/mol. The fourth-order valence-corrected chi connectivity index (χ4v) is 2.67. The molecule has 4 aliphatic carbocycles. The van der Waals surface area contributed by atoms with Crippen LogP contribution in [0, 0.1) is 23.7 Å². The van der Waals surface area contributed by atoms with Crippen molar-refractivity contribution in [3.63, 3.8) is 0 Å². The first kappa shape index (κ1) is 6.67. The van der Waals surface area contributed by atoms with Crippen molar-refractivity contribution >= 4 is 0 Å². The highest BCUT2D eigenvalue weighted by Crippen LogP contribution is 2.49. The quantitative estimate of drug-likeness (QED) is 0.577. The standard InChI is InChI=1S/C11H12O/c12-6-8-5-7-1-2-10(8)11-4-3-9(7)11/h1-5,7,9-12H,6H2/t7-,9+,10-,11-/m1/s1. The molecule has 1 N–H and O–H groups in total. The molecule has 4 aliphatic rings. The zero-order chi connectivity index (χ0) is 8.13. The van der Waals surface area contributed by atoms with E-state index in [-0.39, 0.29) is 6.61 Å². The van der Waals surface area contributed by atoms with E-state index in [1.165, 1.54) is 5.57 Å². The fraction of sp³-hybridized carbons (Fsp3) is 0.455. The molecule has 62 valence electrons. The first-order valence-corrected chi connectivity index (χ1v) is 4.58. The molecule has 0 saturated carbocycles. The highest BCUT2D eigenvalue weighted by molar-refractivity contribution is 5.37. The summed E-state index contributed by atoms with van der Waals surface area (Å²) in [6.45, 7) is 0.239. The summed E-state index contributed by atoms with van der Waals surface area (Å²) in [6.07, 6.45) is 11.4. The van der Waals surface area contributed by atoms with Gasteiger partial charge in [0.1, 0.15) is 0 Å². The smallest absolute Gasteiger partial charge is 0.0647 e. The van der Waals surface area contributed by atoms with E-state index in [0.29, 0.717) is 17.8 Å². The Morgan fingerprint density at radius 1 is 1.08 bits per heavy atom. The first-order valence-electron chi connectivity index (χ1n) is 4.58.